The van der Waals surface area contributed by atoms with Crippen LogP contribution in [0.3, 0.4) is 0 Å². The first kappa shape index (κ1) is 22.4. The number of hydrogen-bond acceptors (Lipinski definition) is 4. The minimum atomic E-state index is -5.17. The summed E-state index contributed by atoms with van der Waals surface area (Å²) in [4.78, 5) is 0. The van der Waals surface area contributed by atoms with E-state index in [0.717, 1.165) is 0 Å². The second-order valence-corrected chi connectivity index (χ2v) is 1.22. The summed E-state index contributed by atoms with van der Waals surface area (Å²) >= 11 is 0. The normalized spacial score (nSPS) is 7.25. The van der Waals surface area contributed by atoms with Gasteiger partial charge in [-0.2, -0.15) is 9.90 Å². The fraction of sp³-hybridized carbons (Fsp3) is 0. The Morgan fingerprint density at radius 1 is 1.12 bits per heavy atom. The third kappa shape index (κ3) is 68.4. The van der Waals surface area contributed by atoms with E-state index < -0.39 is 10.4 Å². The summed E-state index contributed by atoms with van der Waals surface area (Å²) in [7, 11) is -5.17. The summed E-state index contributed by atoms with van der Waals surface area (Å²) in [5.41, 5.74) is 0. The van der Waals surface area contributed by atoms with Crippen molar-refractivity contribution >= 4 is 96.5 Å². The minimum absolute atomic E-state index is 0. The maximum absolute atomic E-state index is 8.52. The molecule has 0 N–H and O–H groups in total. The van der Waals surface area contributed by atoms with Gasteiger partial charge in [0.2, 0.25) is 0 Å². The van der Waals surface area contributed by atoms with Crippen molar-refractivity contribution in [3.63, 3.8) is 0 Å². The van der Waals surface area contributed by atoms with E-state index in [1.54, 1.807) is 0 Å². The van der Waals surface area contributed by atoms with Crippen molar-refractivity contribution in [1.29, 1.82) is 0 Å². The third-order valence-corrected chi connectivity index (χ3v) is 0. The van der Waals surface area contributed by atoms with Gasteiger partial charge in [-0.25, -0.2) is 0 Å². The van der Waals surface area contributed by atoms with Crippen LogP contribution in [0.4, 0.5) is 0 Å². The summed E-state index contributed by atoms with van der Waals surface area (Å²) in [5, 5.41) is 0. The number of rotatable bonds is 0. The molecule has 42 valence electrons. The quantitative estimate of drug-likeness (QED) is 0.175. The maximum atomic E-state index is 8.52. The van der Waals surface area contributed by atoms with Gasteiger partial charge in [-0.3, -0.25) is 8.42 Å². The Morgan fingerprint density at radius 2 is 1.12 bits per heavy atom. The molecule has 8 heavy (non-hydrogen) atoms. The monoisotopic (exact) mass is 476 g/mol. The van der Waals surface area contributed by atoms with Crippen LogP contribution in [0.5, 0.6) is 0 Å². The molecular weight excluding hydrogens is 472 g/mol. The fourth-order valence-electron chi connectivity index (χ4n) is 0. The largest absolute Gasteiger partial charge is 2.00 e. The van der Waals surface area contributed by atoms with Gasteiger partial charge in [0.05, 0.1) is 0 Å². The van der Waals surface area contributed by atoms with E-state index in [0.29, 0.717) is 0 Å². The van der Waals surface area contributed by atoms with E-state index in [2.05, 4.69) is 0 Å². The van der Waals surface area contributed by atoms with Gasteiger partial charge in [0.25, 0.3) is 0 Å². The summed E-state index contributed by atoms with van der Waals surface area (Å²) in [5.74, 6) is 0. The van der Waals surface area contributed by atoms with Crippen LogP contribution in [0.25, 0.3) is 0 Å². The Morgan fingerprint density at radius 3 is 1.12 bits per heavy atom. The van der Waals surface area contributed by atoms with Crippen LogP contribution in [0.1, 0.15) is 0 Å². The molecule has 0 aliphatic carbocycles. The van der Waals surface area contributed by atoms with Gasteiger partial charge < -0.3 is 9.11 Å². The zero-order valence-electron chi connectivity index (χ0n) is 3.96. The SMILES string of the molecule is O=S(=O)([O-])[O-].P.[Ba+2].[Pb+2]. The molecular formula is H3BaO4PPbS+2. The van der Waals surface area contributed by atoms with E-state index in [1.807, 2.05) is 0 Å². The molecule has 1 atom stereocenters. The second kappa shape index (κ2) is 9.79. The Labute approximate surface area is 112 Å². The molecule has 0 saturated carbocycles. The molecule has 0 fully saturated rings. The van der Waals surface area contributed by atoms with Crippen LogP contribution in [0.15, 0.2) is 0 Å². The maximum Gasteiger partial charge on any atom is 2.00 e. The molecule has 0 saturated heterocycles. The van der Waals surface area contributed by atoms with Gasteiger partial charge in [0, 0.05) is 10.4 Å². The molecule has 8 heteroatoms. The predicted molar refractivity (Wildman–Crippen MR) is 33.1 cm³/mol. The van der Waals surface area contributed by atoms with Crippen LogP contribution < -0.4 is 0 Å². The Balaban J connectivity index is -0.0000000267. The first-order valence-electron chi connectivity index (χ1n) is 0.667. The summed E-state index contributed by atoms with van der Waals surface area (Å²) in [6.45, 7) is 0. The van der Waals surface area contributed by atoms with Gasteiger partial charge in [-0.15, -0.1) is 0 Å². The van der Waals surface area contributed by atoms with E-state index >= 15 is 0 Å². The van der Waals surface area contributed by atoms with Crippen LogP contribution in [-0.4, -0.2) is 93.7 Å². The molecule has 0 aliphatic rings. The molecule has 0 aliphatic heterocycles. The van der Waals surface area contributed by atoms with E-state index in [1.165, 1.54) is 0 Å². The van der Waals surface area contributed by atoms with Gasteiger partial charge >= 0.3 is 76.2 Å². The smallest absolute Gasteiger partial charge is 0.759 e. The van der Waals surface area contributed by atoms with Crippen LogP contribution in [-0.2, 0) is 10.4 Å². The van der Waals surface area contributed by atoms with E-state index in [9.17, 15) is 0 Å². The van der Waals surface area contributed by atoms with Crippen LogP contribution >= 0.6 is 9.90 Å². The molecule has 2 radical (unpaired) electrons. The van der Waals surface area contributed by atoms with Crippen molar-refractivity contribution in [2.24, 2.45) is 0 Å². The van der Waals surface area contributed by atoms with Crippen molar-refractivity contribution in [3.8, 4) is 0 Å². The van der Waals surface area contributed by atoms with Crippen molar-refractivity contribution in [1.82, 2.24) is 0 Å². The number of hydrogen-bond donors (Lipinski definition) is 0. The van der Waals surface area contributed by atoms with Crippen molar-refractivity contribution in [2.45, 2.75) is 0 Å². The average Bonchev–Trinajstić information content (AvgIpc) is 0.722. The summed E-state index contributed by atoms with van der Waals surface area (Å²) in [6.07, 6.45) is 0. The summed E-state index contributed by atoms with van der Waals surface area (Å²) in [6, 6.07) is 0. The zero-order chi connectivity index (χ0) is 4.50. The first-order chi connectivity index (χ1) is 2.00. The minimum Gasteiger partial charge on any atom is -0.759 e. The fourth-order valence-corrected chi connectivity index (χ4v) is 0. The van der Waals surface area contributed by atoms with Gasteiger partial charge in [-0.05, 0) is 0 Å². The van der Waals surface area contributed by atoms with Crippen LogP contribution in [0, 0.1) is 0 Å². The predicted octanol–water partition coefficient (Wildman–Crippen LogP) is -2.04. The molecule has 4 nitrogen and oxygen atoms in total. The third-order valence-electron chi connectivity index (χ3n) is 0. The molecule has 0 heterocycles. The molecule has 0 aromatic heterocycles. The Bertz CT molecular complexity index is 99.2. The van der Waals surface area contributed by atoms with Crippen molar-refractivity contribution < 1.29 is 17.5 Å². The molecule has 0 amide bonds. The average molecular weight is 475 g/mol. The van der Waals surface area contributed by atoms with E-state index in [4.69, 9.17) is 17.5 Å². The molecule has 0 aromatic rings. The van der Waals surface area contributed by atoms with Crippen LogP contribution in [0.2, 0.25) is 0 Å². The molecule has 0 bridgehead atoms. The summed E-state index contributed by atoms with van der Waals surface area (Å²) < 4.78 is 34.1. The van der Waals surface area contributed by atoms with E-state index in [-0.39, 0.29) is 86.1 Å². The van der Waals surface area contributed by atoms with Gasteiger partial charge in [0.1, 0.15) is 0 Å². The second-order valence-electron chi connectivity index (χ2n) is 0.408. The Hall–Kier alpha value is 2.79. The molecule has 0 aromatic carbocycles. The van der Waals surface area contributed by atoms with Gasteiger partial charge in [0.15, 0.2) is 0 Å². The topological polar surface area (TPSA) is 80.3 Å². The molecule has 0 spiro atoms. The first-order valence-corrected chi connectivity index (χ1v) is 2.00. The Kier molecular flexibility index (Phi) is 27.5. The van der Waals surface area contributed by atoms with Crippen molar-refractivity contribution in [3.05, 3.63) is 0 Å². The standard InChI is InChI=1S/Ba.H2O4S.H3P.Pb/c;1-5(2,3)4;;/h;(H2,1,2,3,4);1H3;/q+2;;;+2/p-2. The molecule has 1 unspecified atom stereocenters. The van der Waals surface area contributed by atoms with Crippen molar-refractivity contribution in [2.75, 3.05) is 0 Å². The zero-order valence-corrected chi connectivity index (χ0v) is 14.5. The van der Waals surface area contributed by atoms with Gasteiger partial charge in [-0.1, -0.05) is 0 Å². The molecule has 0 rings (SSSR count).